The molecule has 1 heterocycles. The Hall–Kier alpha value is -1.86. The average Bonchev–Trinajstić information content (AvgIpc) is 3.96. The van der Waals surface area contributed by atoms with Gasteiger partial charge in [0.25, 0.3) is 0 Å². The van der Waals surface area contributed by atoms with Gasteiger partial charge >= 0.3 is 0 Å². The zero-order valence-corrected chi connectivity index (χ0v) is 28.1. The van der Waals surface area contributed by atoms with Crippen LogP contribution in [-0.2, 0) is 28.4 Å². The van der Waals surface area contributed by atoms with Gasteiger partial charge in [-0.25, -0.2) is 8.78 Å². The van der Waals surface area contributed by atoms with Gasteiger partial charge in [-0.05, 0) is 0 Å². The van der Waals surface area contributed by atoms with Crippen LogP contribution in [-0.4, -0.2) is 183 Å². The lowest BCUT2D eigenvalue weighted by Crippen LogP contribution is -2.33. The molecule has 0 bridgehead atoms. The summed E-state index contributed by atoms with van der Waals surface area (Å²) in [4.78, 5) is 0. The molecule has 0 spiro atoms. The number of aliphatic hydroxyl groups is 8. The smallest absolute Gasteiger partial charge is 0.204 e. The predicted octanol–water partition coefficient (Wildman–Crippen LogP) is -2.34. The van der Waals surface area contributed by atoms with Gasteiger partial charge < -0.3 is 79.3 Å². The quantitative estimate of drug-likeness (QED) is 0.0219. The second-order valence-electron chi connectivity index (χ2n) is 11.8. The van der Waals surface area contributed by atoms with E-state index in [0.29, 0.717) is 0 Å². The van der Waals surface area contributed by atoms with Gasteiger partial charge in [-0.1, -0.05) is 0 Å². The average molecular weight is 754 g/mol. The summed E-state index contributed by atoms with van der Waals surface area (Å²) in [6.45, 7) is -4.26. The van der Waals surface area contributed by atoms with E-state index in [2.05, 4.69) is 5.32 Å². The number of rotatable bonds is 31. The minimum Gasteiger partial charge on any atom is -0.484 e. The second-order valence-corrected chi connectivity index (χ2v) is 11.8. The standard InChI is InChI=1S/C31H51F4NO15/c32-27-26(25-5-36-25)28(33)30(35)31(29(27)34)51-22(1-3-49-23(14-45-10-18(41)6-37)15-46-11-19(42)7-38)2-4-50-24(16-47-12-20(43)8-39)17-48-13-21(44)9-40/h18-25,36-44H,1-17H2. The van der Waals surface area contributed by atoms with E-state index >= 15 is 8.78 Å². The van der Waals surface area contributed by atoms with Gasteiger partial charge in [0.2, 0.25) is 11.6 Å². The molecule has 1 aromatic carbocycles. The zero-order chi connectivity index (χ0) is 37.8. The Morgan fingerprint density at radius 2 is 0.863 bits per heavy atom. The van der Waals surface area contributed by atoms with Crippen molar-refractivity contribution in [2.45, 2.75) is 61.6 Å². The van der Waals surface area contributed by atoms with Crippen LogP contribution in [0.5, 0.6) is 5.75 Å². The lowest BCUT2D eigenvalue weighted by atomic mass is 10.1. The molecule has 51 heavy (non-hydrogen) atoms. The predicted molar refractivity (Wildman–Crippen MR) is 166 cm³/mol. The number of benzene rings is 1. The highest BCUT2D eigenvalue weighted by Gasteiger charge is 2.36. The van der Waals surface area contributed by atoms with E-state index in [1.165, 1.54) is 0 Å². The SMILES string of the molecule is OCC(O)COCC(COCC(O)CO)OCCC(CCOC(COCC(O)CO)COCC(O)CO)Oc1c(F)c(F)c(C2CN2)c(F)c1F. The van der Waals surface area contributed by atoms with Crippen molar-refractivity contribution in [3.05, 3.63) is 28.8 Å². The van der Waals surface area contributed by atoms with Crippen molar-refractivity contribution < 1.29 is 91.6 Å². The molecule has 1 aliphatic rings. The Morgan fingerprint density at radius 3 is 1.16 bits per heavy atom. The molecular formula is C31H51F4NO15. The molecule has 1 aromatic rings. The highest BCUT2D eigenvalue weighted by molar-refractivity contribution is 5.38. The molecule has 5 unspecified atom stereocenters. The van der Waals surface area contributed by atoms with E-state index in [1.807, 2.05) is 0 Å². The summed E-state index contributed by atoms with van der Waals surface area (Å²) in [5, 5.41) is 76.8. The van der Waals surface area contributed by atoms with Crippen LogP contribution in [0, 0.1) is 23.3 Å². The van der Waals surface area contributed by atoms with E-state index in [-0.39, 0.29) is 85.5 Å². The molecule has 1 aliphatic heterocycles. The van der Waals surface area contributed by atoms with Crippen LogP contribution in [0.4, 0.5) is 17.6 Å². The fourth-order valence-corrected chi connectivity index (χ4v) is 4.30. The summed E-state index contributed by atoms with van der Waals surface area (Å²) in [6.07, 6.45) is -7.88. The van der Waals surface area contributed by atoms with Crippen LogP contribution in [0.1, 0.15) is 24.4 Å². The lowest BCUT2D eigenvalue weighted by Gasteiger charge is -2.25. The third-order valence-corrected chi connectivity index (χ3v) is 7.18. The maximum atomic E-state index is 15.1. The van der Waals surface area contributed by atoms with E-state index in [9.17, 15) is 29.2 Å². The van der Waals surface area contributed by atoms with Crippen molar-refractivity contribution in [1.29, 1.82) is 0 Å². The molecule has 1 saturated heterocycles. The molecular weight excluding hydrogens is 702 g/mol. The maximum absolute atomic E-state index is 15.1. The number of nitrogens with one attached hydrogen (secondary N) is 1. The zero-order valence-electron chi connectivity index (χ0n) is 28.1. The fourth-order valence-electron chi connectivity index (χ4n) is 4.30. The molecule has 16 nitrogen and oxygen atoms in total. The van der Waals surface area contributed by atoms with E-state index < -0.39 is 110 Å². The van der Waals surface area contributed by atoms with Gasteiger partial charge in [-0.2, -0.15) is 8.78 Å². The molecule has 0 amide bonds. The Kier molecular flexibility index (Phi) is 22.4. The molecule has 0 aromatic heterocycles. The fraction of sp³-hybridized carbons (Fsp3) is 0.806. The van der Waals surface area contributed by atoms with Crippen molar-refractivity contribution in [2.75, 3.05) is 99.0 Å². The first-order valence-corrected chi connectivity index (χ1v) is 16.4. The third kappa shape index (κ3) is 17.2. The summed E-state index contributed by atoms with van der Waals surface area (Å²) in [5.41, 5.74) is -0.790. The van der Waals surface area contributed by atoms with Gasteiger partial charge in [-0.3, -0.25) is 0 Å². The highest BCUT2D eigenvalue weighted by Crippen LogP contribution is 2.36. The minimum absolute atomic E-state index is 0.128. The van der Waals surface area contributed by atoms with Gasteiger partial charge in [0.1, 0.15) is 42.7 Å². The molecule has 20 heteroatoms. The monoisotopic (exact) mass is 753 g/mol. The normalized spacial score (nSPS) is 18.6. The summed E-state index contributed by atoms with van der Waals surface area (Å²) < 4.78 is 98.1. The van der Waals surface area contributed by atoms with E-state index in [1.54, 1.807) is 0 Å². The summed E-state index contributed by atoms with van der Waals surface area (Å²) in [6, 6.07) is -0.891. The second kappa shape index (κ2) is 25.2. The minimum atomic E-state index is -1.74. The van der Waals surface area contributed by atoms with Crippen molar-refractivity contribution >= 4 is 0 Å². The van der Waals surface area contributed by atoms with Crippen LogP contribution < -0.4 is 10.1 Å². The van der Waals surface area contributed by atoms with E-state index in [0.717, 1.165) is 0 Å². The molecule has 298 valence electrons. The largest absolute Gasteiger partial charge is 0.484 e. The van der Waals surface area contributed by atoms with Gasteiger partial charge in [-0.15, -0.1) is 0 Å². The van der Waals surface area contributed by atoms with Crippen LogP contribution >= 0.6 is 0 Å². The van der Waals surface area contributed by atoms with E-state index in [4.69, 9.17) is 53.6 Å². The Morgan fingerprint density at radius 1 is 0.529 bits per heavy atom. The molecule has 0 radical (unpaired) electrons. The third-order valence-electron chi connectivity index (χ3n) is 7.18. The van der Waals surface area contributed by atoms with Crippen molar-refractivity contribution in [2.24, 2.45) is 0 Å². The molecule has 9 N–H and O–H groups in total. The highest BCUT2D eigenvalue weighted by atomic mass is 19.2. The number of hydrogen-bond donors (Lipinski definition) is 9. The number of halogens is 4. The first kappa shape index (κ1) is 45.3. The number of aliphatic hydroxyl groups excluding tert-OH is 8. The topological polar surface area (TPSA) is 248 Å². The molecule has 1 fully saturated rings. The van der Waals surface area contributed by atoms with Crippen molar-refractivity contribution in [3.8, 4) is 5.75 Å². The number of hydrogen-bond acceptors (Lipinski definition) is 16. The molecule has 2 rings (SSSR count). The maximum Gasteiger partial charge on any atom is 0.204 e. The summed E-state index contributed by atoms with van der Waals surface area (Å²) in [5.74, 6) is -7.99. The first-order valence-electron chi connectivity index (χ1n) is 16.4. The van der Waals surface area contributed by atoms with Crippen LogP contribution in [0.25, 0.3) is 0 Å². The lowest BCUT2D eigenvalue weighted by molar-refractivity contribution is -0.0961. The Balaban J connectivity index is 2.16. The molecule has 0 saturated carbocycles. The van der Waals surface area contributed by atoms with Crippen LogP contribution in [0.2, 0.25) is 0 Å². The van der Waals surface area contributed by atoms with Crippen LogP contribution in [0.15, 0.2) is 0 Å². The number of ether oxygens (including phenoxy) is 7. The van der Waals surface area contributed by atoms with Gasteiger partial charge in [0.05, 0.1) is 98.5 Å². The summed E-state index contributed by atoms with van der Waals surface area (Å²) in [7, 11) is 0. The van der Waals surface area contributed by atoms with Crippen molar-refractivity contribution in [1.82, 2.24) is 5.32 Å². The summed E-state index contributed by atoms with van der Waals surface area (Å²) >= 11 is 0. The molecule has 5 atom stereocenters. The van der Waals surface area contributed by atoms with Gasteiger partial charge in [0, 0.05) is 24.9 Å². The van der Waals surface area contributed by atoms with Crippen LogP contribution in [0.3, 0.4) is 0 Å². The molecule has 0 aliphatic carbocycles. The Bertz CT molecular complexity index is 993. The Labute approximate surface area is 292 Å². The first-order chi connectivity index (χ1) is 24.4. The van der Waals surface area contributed by atoms with Crippen molar-refractivity contribution in [3.63, 3.8) is 0 Å². The van der Waals surface area contributed by atoms with Gasteiger partial charge in [0.15, 0.2) is 17.4 Å².